The first kappa shape index (κ1) is 19.9. The number of nitrogens with two attached hydrogens (primary N) is 1. The number of benzene rings is 1. The number of pyridine rings is 2. The Labute approximate surface area is 172 Å². The molecule has 0 bridgehead atoms. The molecule has 8 heteroatoms. The topological polar surface area (TPSA) is 84.1 Å². The fraction of sp³-hybridized carbons (Fsp3) is 0.227. The number of hydrogen-bond acceptors (Lipinski definition) is 5. The normalized spacial score (nSPS) is 16.4. The average molecular weight is 409 g/mol. The van der Waals surface area contributed by atoms with Crippen LogP contribution in [-0.2, 0) is 0 Å². The van der Waals surface area contributed by atoms with Gasteiger partial charge in [-0.05, 0) is 43.2 Å². The highest BCUT2D eigenvalue weighted by Gasteiger charge is 2.22. The van der Waals surface area contributed by atoms with Gasteiger partial charge in [0.1, 0.15) is 5.82 Å². The van der Waals surface area contributed by atoms with Gasteiger partial charge in [-0.3, -0.25) is 9.78 Å². The fourth-order valence-corrected chi connectivity index (χ4v) is 3.59. The maximum atomic E-state index is 14.4. The van der Waals surface area contributed by atoms with Crippen LogP contribution in [0.1, 0.15) is 23.3 Å². The Hall–Kier alpha value is -3.39. The van der Waals surface area contributed by atoms with Crippen molar-refractivity contribution in [2.75, 3.05) is 23.3 Å². The minimum atomic E-state index is -0.793. The summed E-state index contributed by atoms with van der Waals surface area (Å²) in [6.45, 7) is 1.46. The Morgan fingerprint density at radius 2 is 1.97 bits per heavy atom. The molecule has 3 aromatic rings. The van der Waals surface area contributed by atoms with Crippen LogP contribution in [0, 0.1) is 11.6 Å². The molecule has 0 spiro atoms. The van der Waals surface area contributed by atoms with Gasteiger partial charge < -0.3 is 16.0 Å². The van der Waals surface area contributed by atoms with E-state index in [2.05, 4.69) is 20.2 Å². The second-order valence-electron chi connectivity index (χ2n) is 7.20. The Bertz CT molecular complexity index is 1070. The summed E-state index contributed by atoms with van der Waals surface area (Å²) >= 11 is 0. The number of anilines is 2. The predicted molar refractivity (Wildman–Crippen MR) is 111 cm³/mol. The van der Waals surface area contributed by atoms with Crippen LogP contribution in [-0.4, -0.2) is 35.0 Å². The molecule has 1 aliphatic rings. The zero-order valence-electron chi connectivity index (χ0n) is 16.2. The molecule has 1 fully saturated rings. The number of nitrogens with one attached hydrogen (secondary N) is 1. The molecule has 0 aliphatic carbocycles. The summed E-state index contributed by atoms with van der Waals surface area (Å²) in [4.78, 5) is 23.0. The molecule has 2 aromatic heterocycles. The van der Waals surface area contributed by atoms with Crippen molar-refractivity contribution in [3.05, 3.63) is 72.2 Å². The second-order valence-corrected chi connectivity index (χ2v) is 7.20. The number of nitrogens with zero attached hydrogens (tertiary/aromatic N) is 3. The van der Waals surface area contributed by atoms with Crippen molar-refractivity contribution in [3.63, 3.8) is 0 Å². The van der Waals surface area contributed by atoms with Gasteiger partial charge in [-0.2, -0.15) is 0 Å². The predicted octanol–water partition coefficient (Wildman–Crippen LogP) is 3.60. The first-order valence-electron chi connectivity index (χ1n) is 9.70. The van der Waals surface area contributed by atoms with Gasteiger partial charge in [0.05, 0.1) is 23.3 Å². The van der Waals surface area contributed by atoms with Crippen LogP contribution in [0.3, 0.4) is 0 Å². The van der Waals surface area contributed by atoms with Crippen LogP contribution in [0.4, 0.5) is 20.2 Å². The van der Waals surface area contributed by atoms with E-state index in [0.29, 0.717) is 12.2 Å². The van der Waals surface area contributed by atoms with Crippen LogP contribution in [0.25, 0.3) is 11.3 Å². The Balaban J connectivity index is 1.62. The van der Waals surface area contributed by atoms with E-state index in [1.807, 2.05) is 0 Å². The largest absolute Gasteiger partial charge is 0.368 e. The molecule has 0 radical (unpaired) electrons. The molecule has 1 unspecified atom stereocenters. The summed E-state index contributed by atoms with van der Waals surface area (Å²) in [7, 11) is 0. The third-order valence-electron chi connectivity index (χ3n) is 5.06. The van der Waals surface area contributed by atoms with E-state index in [1.54, 1.807) is 24.4 Å². The number of hydrogen-bond donors (Lipinski definition) is 2. The molecule has 1 amide bonds. The monoisotopic (exact) mass is 409 g/mol. The van der Waals surface area contributed by atoms with E-state index in [-0.39, 0.29) is 17.3 Å². The molecule has 0 saturated carbocycles. The summed E-state index contributed by atoms with van der Waals surface area (Å²) in [5.74, 6) is -2.03. The summed E-state index contributed by atoms with van der Waals surface area (Å²) in [5.41, 5.74) is 7.23. The summed E-state index contributed by atoms with van der Waals surface area (Å²) in [6.07, 6.45) is 5.02. The van der Waals surface area contributed by atoms with Crippen molar-refractivity contribution < 1.29 is 13.6 Å². The van der Waals surface area contributed by atoms with E-state index in [4.69, 9.17) is 5.73 Å². The van der Waals surface area contributed by atoms with Gasteiger partial charge in [-0.15, -0.1) is 0 Å². The van der Waals surface area contributed by atoms with Crippen LogP contribution >= 0.6 is 0 Å². The summed E-state index contributed by atoms with van der Waals surface area (Å²) in [6, 6.07) is 10.3. The van der Waals surface area contributed by atoms with Gasteiger partial charge in [0.2, 0.25) is 0 Å². The van der Waals surface area contributed by atoms with Crippen LogP contribution in [0.2, 0.25) is 0 Å². The van der Waals surface area contributed by atoms with Crippen molar-refractivity contribution in [2.45, 2.75) is 18.9 Å². The maximum Gasteiger partial charge on any atom is 0.277 e. The van der Waals surface area contributed by atoms with Gasteiger partial charge in [-0.1, -0.05) is 12.1 Å². The molecule has 4 rings (SSSR count). The lowest BCUT2D eigenvalue weighted by molar-refractivity contribution is 0.101. The van der Waals surface area contributed by atoms with Crippen LogP contribution in [0.5, 0.6) is 0 Å². The zero-order chi connectivity index (χ0) is 21.1. The van der Waals surface area contributed by atoms with E-state index in [9.17, 15) is 13.6 Å². The third-order valence-corrected chi connectivity index (χ3v) is 5.06. The van der Waals surface area contributed by atoms with E-state index >= 15 is 0 Å². The van der Waals surface area contributed by atoms with Crippen molar-refractivity contribution in [2.24, 2.45) is 5.73 Å². The Kier molecular flexibility index (Phi) is 5.67. The standard InChI is InChI=1S/C22H21F2N5O/c23-16-6-2-1-5-15(16)18-8-7-17(24)21(27-18)22(30)28-19-12-26-10-9-20(19)29-11-3-4-14(25)13-29/h1-2,5-10,12,14H,3-4,11,13,25H2,(H,28,30). The highest BCUT2D eigenvalue weighted by molar-refractivity contribution is 6.05. The number of rotatable bonds is 4. The van der Waals surface area contributed by atoms with Gasteiger partial charge >= 0.3 is 0 Å². The molecule has 6 nitrogen and oxygen atoms in total. The van der Waals surface area contributed by atoms with E-state index in [0.717, 1.165) is 31.1 Å². The Morgan fingerprint density at radius 3 is 2.77 bits per heavy atom. The number of piperidine rings is 1. The minimum absolute atomic E-state index is 0.0482. The maximum absolute atomic E-state index is 14.4. The van der Waals surface area contributed by atoms with Gasteiger partial charge in [0, 0.05) is 30.9 Å². The molecule has 3 heterocycles. The molecule has 1 aliphatic heterocycles. The number of amides is 1. The zero-order valence-corrected chi connectivity index (χ0v) is 16.2. The lowest BCUT2D eigenvalue weighted by atomic mass is 10.1. The van der Waals surface area contributed by atoms with Crippen molar-refractivity contribution in [1.82, 2.24) is 9.97 Å². The molecule has 1 atom stereocenters. The smallest absolute Gasteiger partial charge is 0.277 e. The molecule has 1 saturated heterocycles. The average Bonchev–Trinajstić information content (AvgIpc) is 2.75. The Morgan fingerprint density at radius 1 is 1.13 bits per heavy atom. The lowest BCUT2D eigenvalue weighted by Crippen LogP contribution is -2.43. The van der Waals surface area contributed by atoms with Gasteiger partial charge in [0.15, 0.2) is 11.5 Å². The highest BCUT2D eigenvalue weighted by Crippen LogP contribution is 2.28. The number of aromatic nitrogens is 2. The first-order chi connectivity index (χ1) is 14.5. The fourth-order valence-electron chi connectivity index (χ4n) is 3.59. The third kappa shape index (κ3) is 4.13. The minimum Gasteiger partial charge on any atom is -0.368 e. The molecule has 1 aromatic carbocycles. The molecular weight excluding hydrogens is 388 g/mol. The van der Waals surface area contributed by atoms with Crippen LogP contribution < -0.4 is 16.0 Å². The quantitative estimate of drug-likeness (QED) is 0.688. The van der Waals surface area contributed by atoms with Crippen LogP contribution in [0.15, 0.2) is 54.9 Å². The number of carbonyl (C=O) groups is 1. The summed E-state index contributed by atoms with van der Waals surface area (Å²) in [5, 5.41) is 2.69. The van der Waals surface area contributed by atoms with Gasteiger partial charge in [-0.25, -0.2) is 13.8 Å². The number of halogens is 2. The van der Waals surface area contributed by atoms with Crippen molar-refractivity contribution in [3.8, 4) is 11.3 Å². The molecule has 30 heavy (non-hydrogen) atoms. The lowest BCUT2D eigenvalue weighted by Gasteiger charge is -2.33. The number of carbonyl (C=O) groups excluding carboxylic acids is 1. The van der Waals surface area contributed by atoms with E-state index < -0.39 is 23.2 Å². The SMILES string of the molecule is NC1CCCN(c2ccncc2NC(=O)c2nc(-c3ccccc3F)ccc2F)C1. The second kappa shape index (κ2) is 8.54. The molecule has 3 N–H and O–H groups in total. The van der Waals surface area contributed by atoms with Crippen molar-refractivity contribution >= 4 is 17.3 Å². The first-order valence-corrected chi connectivity index (χ1v) is 9.70. The highest BCUT2D eigenvalue weighted by atomic mass is 19.1. The molecule has 154 valence electrons. The summed E-state index contributed by atoms with van der Waals surface area (Å²) < 4.78 is 28.5. The van der Waals surface area contributed by atoms with Gasteiger partial charge in [0.25, 0.3) is 5.91 Å². The van der Waals surface area contributed by atoms with E-state index in [1.165, 1.54) is 24.4 Å². The van der Waals surface area contributed by atoms with Crippen molar-refractivity contribution in [1.29, 1.82) is 0 Å². The molecular formula is C22H21F2N5O.